The first kappa shape index (κ1) is 23.9. The molecule has 2 aliphatic rings. The van der Waals surface area contributed by atoms with Crippen molar-refractivity contribution in [2.24, 2.45) is 5.10 Å². The summed E-state index contributed by atoms with van der Waals surface area (Å²) in [5.74, 6) is -0.280. The van der Waals surface area contributed by atoms with Crippen LogP contribution >= 0.6 is 0 Å². The molecule has 0 spiro atoms. The minimum absolute atomic E-state index is 0.0172. The van der Waals surface area contributed by atoms with E-state index in [9.17, 15) is 14.0 Å². The van der Waals surface area contributed by atoms with Crippen molar-refractivity contribution in [3.63, 3.8) is 0 Å². The van der Waals surface area contributed by atoms with Crippen LogP contribution in [0.2, 0.25) is 0 Å². The summed E-state index contributed by atoms with van der Waals surface area (Å²) in [6, 6.07) is 12.9. The second-order valence-electron chi connectivity index (χ2n) is 8.49. The summed E-state index contributed by atoms with van der Waals surface area (Å²) in [6.45, 7) is 2.71. The molecule has 2 aromatic rings. The predicted molar refractivity (Wildman–Crippen MR) is 126 cm³/mol. The summed E-state index contributed by atoms with van der Waals surface area (Å²) in [5.41, 5.74) is 1.91. The number of amides is 1. The number of methoxy groups -OCH3 is 1. The molecule has 2 aromatic carbocycles. The Balaban J connectivity index is 1.62. The number of hydrogen-bond acceptors (Lipinski definition) is 6. The summed E-state index contributed by atoms with van der Waals surface area (Å²) in [5, 5.41) is 6.02. The first-order valence-electron chi connectivity index (χ1n) is 11.7. The first-order valence-corrected chi connectivity index (χ1v) is 11.7. The van der Waals surface area contributed by atoms with Gasteiger partial charge in [0.1, 0.15) is 17.6 Å². The van der Waals surface area contributed by atoms with E-state index in [1.165, 1.54) is 11.1 Å². The molecule has 34 heavy (non-hydrogen) atoms. The van der Waals surface area contributed by atoms with Crippen molar-refractivity contribution in [3.8, 4) is 5.75 Å². The van der Waals surface area contributed by atoms with Gasteiger partial charge in [0.2, 0.25) is 0 Å². The van der Waals surface area contributed by atoms with Crippen LogP contribution in [-0.4, -0.2) is 60.3 Å². The van der Waals surface area contributed by atoms with Gasteiger partial charge in [0.05, 0.1) is 32.0 Å². The lowest BCUT2D eigenvalue weighted by molar-refractivity contribution is -0.152. The molecule has 2 atom stereocenters. The maximum Gasteiger partial charge on any atom is 0.323 e. The molecule has 180 valence electrons. The van der Waals surface area contributed by atoms with Gasteiger partial charge in [-0.2, -0.15) is 5.10 Å². The van der Waals surface area contributed by atoms with E-state index in [4.69, 9.17) is 9.47 Å². The van der Waals surface area contributed by atoms with Crippen molar-refractivity contribution in [1.82, 2.24) is 9.91 Å². The summed E-state index contributed by atoms with van der Waals surface area (Å²) in [7, 11) is 1.59. The Kier molecular flexibility index (Phi) is 7.57. The normalized spacial score (nSPS) is 20.7. The SMILES string of the molecule is CCOC(=O)C1CCCCN1CC(=O)N1N=C(c2cccc(OC)c2)CC1c1ccccc1F. The van der Waals surface area contributed by atoms with E-state index in [1.54, 1.807) is 32.2 Å². The van der Waals surface area contributed by atoms with Crippen LogP contribution in [0.5, 0.6) is 5.75 Å². The predicted octanol–water partition coefficient (Wildman–Crippen LogP) is 3.93. The highest BCUT2D eigenvalue weighted by molar-refractivity contribution is 6.03. The van der Waals surface area contributed by atoms with Crippen molar-refractivity contribution in [3.05, 3.63) is 65.5 Å². The quantitative estimate of drug-likeness (QED) is 0.577. The lowest BCUT2D eigenvalue weighted by atomic mass is 9.97. The number of rotatable bonds is 7. The smallest absolute Gasteiger partial charge is 0.323 e. The molecule has 0 aromatic heterocycles. The van der Waals surface area contributed by atoms with Crippen LogP contribution in [-0.2, 0) is 14.3 Å². The fourth-order valence-electron chi connectivity index (χ4n) is 4.64. The van der Waals surface area contributed by atoms with Crippen molar-refractivity contribution in [2.45, 2.75) is 44.7 Å². The first-order chi connectivity index (χ1) is 16.5. The van der Waals surface area contributed by atoms with Gasteiger partial charge in [-0.1, -0.05) is 36.8 Å². The zero-order valence-electron chi connectivity index (χ0n) is 19.6. The highest BCUT2D eigenvalue weighted by Crippen LogP contribution is 2.35. The highest BCUT2D eigenvalue weighted by Gasteiger charge is 2.37. The minimum Gasteiger partial charge on any atom is -0.497 e. The maximum absolute atomic E-state index is 14.8. The number of halogens is 1. The summed E-state index contributed by atoms with van der Waals surface area (Å²) < 4.78 is 25.3. The second kappa shape index (κ2) is 10.8. The summed E-state index contributed by atoms with van der Waals surface area (Å²) in [4.78, 5) is 27.8. The van der Waals surface area contributed by atoms with Crippen molar-refractivity contribution in [1.29, 1.82) is 0 Å². The number of esters is 1. The lowest BCUT2D eigenvalue weighted by Gasteiger charge is -2.34. The van der Waals surface area contributed by atoms with Crippen LogP contribution in [0.15, 0.2) is 53.6 Å². The largest absolute Gasteiger partial charge is 0.497 e. The molecule has 8 heteroatoms. The number of hydrazone groups is 1. The molecule has 2 heterocycles. The molecular weight excluding hydrogens is 437 g/mol. The second-order valence-corrected chi connectivity index (χ2v) is 8.49. The molecule has 1 saturated heterocycles. The third-order valence-corrected chi connectivity index (χ3v) is 6.34. The standard InChI is InChI=1S/C26H30FN3O4/c1-3-34-26(32)23-13-6-7-14-29(23)17-25(31)30-24(20-11-4-5-12-21(20)27)16-22(28-30)18-9-8-10-19(15-18)33-2/h4-5,8-12,15,23-24H,3,6-7,13-14,16-17H2,1-2H3. The fourth-order valence-corrected chi connectivity index (χ4v) is 4.64. The van der Waals surface area contributed by atoms with Crippen LogP contribution in [0.3, 0.4) is 0 Å². The Labute approximate surface area is 199 Å². The average molecular weight is 468 g/mol. The van der Waals surface area contributed by atoms with E-state index >= 15 is 0 Å². The Bertz CT molecular complexity index is 1070. The number of nitrogens with zero attached hydrogens (tertiary/aromatic N) is 3. The molecule has 1 fully saturated rings. The van der Waals surface area contributed by atoms with Gasteiger partial charge in [0.15, 0.2) is 0 Å². The number of hydrogen-bond donors (Lipinski definition) is 0. The molecule has 7 nitrogen and oxygen atoms in total. The van der Waals surface area contributed by atoms with Gasteiger partial charge in [0.25, 0.3) is 5.91 Å². The Morgan fingerprint density at radius 3 is 2.74 bits per heavy atom. The number of carbonyl (C=O) groups excluding carboxylic acids is 2. The summed E-state index contributed by atoms with van der Waals surface area (Å²) in [6.07, 6.45) is 2.84. The number of carbonyl (C=O) groups is 2. The molecular formula is C26H30FN3O4. The molecule has 1 amide bonds. The maximum atomic E-state index is 14.8. The number of ether oxygens (including phenoxy) is 2. The van der Waals surface area contributed by atoms with Crippen molar-refractivity contribution >= 4 is 17.6 Å². The van der Waals surface area contributed by atoms with Crippen LogP contribution in [0, 0.1) is 5.82 Å². The van der Waals surface area contributed by atoms with Gasteiger partial charge in [-0.25, -0.2) is 9.40 Å². The van der Waals surface area contributed by atoms with Gasteiger partial charge in [-0.05, 0) is 44.5 Å². The monoisotopic (exact) mass is 467 g/mol. The molecule has 2 aliphatic heterocycles. The zero-order valence-corrected chi connectivity index (χ0v) is 19.6. The van der Waals surface area contributed by atoms with E-state index < -0.39 is 12.1 Å². The van der Waals surface area contributed by atoms with E-state index in [1.807, 2.05) is 29.2 Å². The van der Waals surface area contributed by atoms with Crippen molar-refractivity contribution < 1.29 is 23.5 Å². The van der Waals surface area contributed by atoms with E-state index in [-0.39, 0.29) is 24.2 Å². The average Bonchev–Trinajstić information content (AvgIpc) is 3.30. The number of benzene rings is 2. The molecule has 2 unspecified atom stereocenters. The lowest BCUT2D eigenvalue weighted by Crippen LogP contribution is -2.49. The van der Waals surface area contributed by atoms with Gasteiger partial charge in [-0.15, -0.1) is 0 Å². The van der Waals surface area contributed by atoms with Crippen LogP contribution in [0.25, 0.3) is 0 Å². The van der Waals surface area contributed by atoms with Gasteiger partial charge >= 0.3 is 5.97 Å². The van der Waals surface area contributed by atoms with Gasteiger partial charge < -0.3 is 9.47 Å². The molecule has 0 aliphatic carbocycles. The molecule has 0 saturated carbocycles. The summed E-state index contributed by atoms with van der Waals surface area (Å²) >= 11 is 0. The Morgan fingerprint density at radius 2 is 1.97 bits per heavy atom. The van der Waals surface area contributed by atoms with E-state index in [2.05, 4.69) is 5.10 Å². The van der Waals surface area contributed by atoms with Crippen LogP contribution in [0.4, 0.5) is 4.39 Å². The fraction of sp³-hybridized carbons (Fsp3) is 0.423. The van der Waals surface area contributed by atoms with Crippen LogP contribution in [0.1, 0.15) is 49.8 Å². The van der Waals surface area contributed by atoms with E-state index in [0.717, 1.165) is 18.4 Å². The number of likely N-dealkylation sites (tertiary alicyclic amines) is 1. The molecule has 0 radical (unpaired) electrons. The molecule has 0 N–H and O–H groups in total. The third-order valence-electron chi connectivity index (χ3n) is 6.34. The Hall–Kier alpha value is -3.26. The van der Waals surface area contributed by atoms with Gasteiger partial charge in [-0.3, -0.25) is 14.5 Å². The van der Waals surface area contributed by atoms with Crippen LogP contribution < -0.4 is 4.74 Å². The minimum atomic E-state index is -0.569. The number of piperidine rings is 1. The Morgan fingerprint density at radius 1 is 1.15 bits per heavy atom. The third kappa shape index (κ3) is 5.12. The molecule has 4 rings (SSSR count). The van der Waals surface area contributed by atoms with E-state index in [0.29, 0.717) is 43.0 Å². The highest BCUT2D eigenvalue weighted by atomic mass is 19.1. The van der Waals surface area contributed by atoms with Crippen molar-refractivity contribution in [2.75, 3.05) is 26.8 Å². The van der Waals surface area contributed by atoms with Gasteiger partial charge in [0, 0.05) is 17.5 Å². The zero-order chi connectivity index (χ0) is 24.1. The topological polar surface area (TPSA) is 71.4 Å². The molecule has 0 bridgehead atoms.